The van der Waals surface area contributed by atoms with Gasteiger partial charge in [0.25, 0.3) is 0 Å². The number of hydrogen-bond acceptors (Lipinski definition) is 5. The first-order valence-electron chi connectivity index (χ1n) is 8.79. The first-order valence-corrected chi connectivity index (χ1v) is 8.79. The Bertz CT molecular complexity index is 672. The van der Waals surface area contributed by atoms with Crippen LogP contribution in [0.4, 0.5) is 4.39 Å². The number of aliphatic hydroxyl groups excluding tert-OH is 1. The lowest BCUT2D eigenvalue weighted by molar-refractivity contribution is -0.115. The molecule has 0 bridgehead atoms. The average molecular weight is 348 g/mol. The Morgan fingerprint density at radius 1 is 1.28 bits per heavy atom. The van der Waals surface area contributed by atoms with Crippen LogP contribution >= 0.6 is 0 Å². The molecule has 25 heavy (non-hydrogen) atoms. The van der Waals surface area contributed by atoms with Crippen LogP contribution in [0.15, 0.2) is 34.9 Å². The van der Waals surface area contributed by atoms with Gasteiger partial charge in [0.05, 0.1) is 24.0 Å². The van der Waals surface area contributed by atoms with Crippen LogP contribution in [0.3, 0.4) is 0 Å². The smallest absolute Gasteiger partial charge is 0.167 e. The maximum absolute atomic E-state index is 13.0. The van der Waals surface area contributed by atoms with Gasteiger partial charge in [-0.1, -0.05) is 19.0 Å². The summed E-state index contributed by atoms with van der Waals surface area (Å²) in [5.41, 5.74) is 1.59. The second-order valence-corrected chi connectivity index (χ2v) is 6.90. The molecule has 3 atom stereocenters. The van der Waals surface area contributed by atoms with Crippen molar-refractivity contribution in [3.63, 3.8) is 0 Å². The molecule has 1 aromatic heterocycles. The van der Waals surface area contributed by atoms with E-state index in [4.69, 9.17) is 9.26 Å². The number of ether oxygens (including phenoxy) is 1. The van der Waals surface area contributed by atoms with E-state index < -0.39 is 6.10 Å². The third-order valence-corrected chi connectivity index (χ3v) is 4.43. The Kier molecular flexibility index (Phi) is 5.83. The molecular formula is C19H25FN2O3. The van der Waals surface area contributed by atoms with Crippen molar-refractivity contribution >= 4 is 0 Å². The predicted molar refractivity (Wildman–Crippen MR) is 92.6 cm³/mol. The fourth-order valence-electron chi connectivity index (χ4n) is 3.03. The maximum atomic E-state index is 13.0. The van der Waals surface area contributed by atoms with Gasteiger partial charge in [0.1, 0.15) is 5.82 Å². The molecule has 2 heterocycles. The molecule has 3 rings (SSSR count). The Morgan fingerprint density at radius 3 is 2.76 bits per heavy atom. The van der Waals surface area contributed by atoms with Crippen LogP contribution < -0.4 is 5.32 Å². The Labute approximate surface area is 147 Å². The van der Waals surface area contributed by atoms with E-state index in [1.807, 2.05) is 6.07 Å². The Morgan fingerprint density at radius 2 is 2.04 bits per heavy atom. The predicted octanol–water partition coefficient (Wildman–Crippen LogP) is 2.93. The molecule has 1 aliphatic heterocycles. The van der Waals surface area contributed by atoms with Gasteiger partial charge in [0.15, 0.2) is 5.76 Å². The maximum Gasteiger partial charge on any atom is 0.167 e. The van der Waals surface area contributed by atoms with Crippen molar-refractivity contribution in [1.82, 2.24) is 10.5 Å². The van der Waals surface area contributed by atoms with Crippen LogP contribution in [-0.2, 0) is 11.2 Å². The quantitative estimate of drug-likeness (QED) is 0.840. The largest absolute Gasteiger partial charge is 0.390 e. The summed E-state index contributed by atoms with van der Waals surface area (Å²) in [5.74, 6) is 0.336. The highest BCUT2D eigenvalue weighted by atomic mass is 19.1. The lowest BCUT2D eigenvalue weighted by atomic mass is 9.98. The normalized spacial score (nSPS) is 24.0. The van der Waals surface area contributed by atoms with Crippen molar-refractivity contribution in [3.05, 3.63) is 41.8 Å². The number of aromatic nitrogens is 1. The van der Waals surface area contributed by atoms with E-state index >= 15 is 0 Å². The van der Waals surface area contributed by atoms with Gasteiger partial charge < -0.3 is 19.7 Å². The van der Waals surface area contributed by atoms with Crippen molar-refractivity contribution in [2.45, 2.75) is 57.5 Å². The van der Waals surface area contributed by atoms with E-state index in [9.17, 15) is 9.50 Å². The number of hydrogen-bond donors (Lipinski definition) is 2. The second kappa shape index (κ2) is 8.08. The van der Waals surface area contributed by atoms with Crippen LogP contribution in [0, 0.1) is 5.82 Å². The summed E-state index contributed by atoms with van der Waals surface area (Å²) in [6, 6.07) is 8.35. The van der Waals surface area contributed by atoms with Crippen LogP contribution in [0.25, 0.3) is 11.3 Å². The summed E-state index contributed by atoms with van der Waals surface area (Å²) in [7, 11) is 0. The average Bonchev–Trinajstić information content (AvgIpc) is 3.04. The summed E-state index contributed by atoms with van der Waals surface area (Å²) in [6.45, 7) is 4.77. The zero-order valence-corrected chi connectivity index (χ0v) is 14.6. The highest BCUT2D eigenvalue weighted by Gasteiger charge is 2.30. The molecule has 6 heteroatoms. The highest BCUT2D eigenvalue weighted by molar-refractivity contribution is 5.57. The van der Waals surface area contributed by atoms with E-state index in [1.54, 1.807) is 12.1 Å². The number of nitrogens with zero attached hydrogens (tertiary/aromatic N) is 1. The first kappa shape index (κ1) is 18.0. The zero-order chi connectivity index (χ0) is 17.8. The van der Waals surface area contributed by atoms with Gasteiger partial charge in [-0.25, -0.2) is 4.39 Å². The third-order valence-electron chi connectivity index (χ3n) is 4.43. The molecule has 2 N–H and O–H groups in total. The van der Waals surface area contributed by atoms with Gasteiger partial charge in [-0.05, 0) is 37.1 Å². The van der Waals surface area contributed by atoms with Crippen LogP contribution in [-0.4, -0.2) is 41.2 Å². The fraction of sp³-hybridized carbons (Fsp3) is 0.526. The molecule has 0 aliphatic carbocycles. The van der Waals surface area contributed by atoms with Crippen molar-refractivity contribution in [2.24, 2.45) is 0 Å². The van der Waals surface area contributed by atoms with Gasteiger partial charge >= 0.3 is 0 Å². The minimum atomic E-state index is -0.436. The van der Waals surface area contributed by atoms with E-state index in [-0.39, 0.29) is 18.0 Å². The number of nitrogens with one attached hydrogen (secondary N) is 1. The monoisotopic (exact) mass is 348 g/mol. The molecule has 1 aromatic carbocycles. The first-order chi connectivity index (χ1) is 12.0. The molecule has 1 aliphatic rings. The Balaban J connectivity index is 1.59. The van der Waals surface area contributed by atoms with Crippen molar-refractivity contribution in [2.75, 3.05) is 6.54 Å². The van der Waals surface area contributed by atoms with Crippen molar-refractivity contribution in [3.8, 4) is 11.3 Å². The SMILES string of the molecule is CC(C)NC[C@H]1O[C@H](Cc2cc(-c3ccc(F)cc3)on2)CC[C@@H]1O. The van der Waals surface area contributed by atoms with Gasteiger partial charge in [0.2, 0.25) is 0 Å². The van der Waals surface area contributed by atoms with Crippen LogP contribution in [0.5, 0.6) is 0 Å². The number of halogens is 1. The van der Waals surface area contributed by atoms with Gasteiger partial charge in [-0.15, -0.1) is 0 Å². The summed E-state index contributed by atoms with van der Waals surface area (Å²) in [5, 5.41) is 17.5. The van der Waals surface area contributed by atoms with E-state index in [2.05, 4.69) is 24.3 Å². The number of rotatable bonds is 6. The minimum absolute atomic E-state index is 0.00790. The second-order valence-electron chi connectivity index (χ2n) is 6.90. The molecule has 0 saturated carbocycles. The summed E-state index contributed by atoms with van der Waals surface area (Å²) in [6.07, 6.45) is 1.51. The van der Waals surface area contributed by atoms with E-state index in [1.165, 1.54) is 12.1 Å². The highest BCUT2D eigenvalue weighted by Crippen LogP contribution is 2.25. The lowest BCUT2D eigenvalue weighted by Crippen LogP contribution is -2.46. The van der Waals surface area contributed by atoms with E-state index in [0.717, 1.165) is 24.1 Å². The molecule has 0 radical (unpaired) electrons. The molecule has 136 valence electrons. The van der Waals surface area contributed by atoms with Gasteiger partial charge in [0, 0.05) is 30.6 Å². The number of benzene rings is 1. The van der Waals surface area contributed by atoms with Crippen molar-refractivity contribution < 1.29 is 18.8 Å². The molecule has 1 saturated heterocycles. The molecule has 0 spiro atoms. The van der Waals surface area contributed by atoms with Crippen LogP contribution in [0.1, 0.15) is 32.4 Å². The molecule has 1 fully saturated rings. The summed E-state index contributed by atoms with van der Waals surface area (Å²) < 4.78 is 24.4. The third kappa shape index (κ3) is 4.87. The minimum Gasteiger partial charge on any atom is -0.390 e. The van der Waals surface area contributed by atoms with Gasteiger partial charge in [-0.3, -0.25) is 0 Å². The zero-order valence-electron chi connectivity index (χ0n) is 14.6. The molecule has 0 unspecified atom stereocenters. The molecular weight excluding hydrogens is 323 g/mol. The van der Waals surface area contributed by atoms with Crippen LogP contribution in [0.2, 0.25) is 0 Å². The van der Waals surface area contributed by atoms with E-state index in [0.29, 0.717) is 24.8 Å². The van der Waals surface area contributed by atoms with Gasteiger partial charge in [-0.2, -0.15) is 0 Å². The number of aliphatic hydroxyl groups is 1. The molecule has 5 nitrogen and oxygen atoms in total. The summed E-state index contributed by atoms with van der Waals surface area (Å²) >= 11 is 0. The molecule has 0 amide bonds. The van der Waals surface area contributed by atoms with Crippen molar-refractivity contribution in [1.29, 1.82) is 0 Å². The lowest BCUT2D eigenvalue weighted by Gasteiger charge is -2.34. The fourth-order valence-corrected chi connectivity index (χ4v) is 3.03. The standard InChI is InChI=1S/C19H25FN2O3/c1-12(2)21-11-19-17(23)8-7-16(24-19)9-15-10-18(25-22-15)13-3-5-14(20)6-4-13/h3-6,10,12,16-17,19,21,23H,7-9,11H2,1-2H3/t16-,17-,19+/m0/s1. The molecule has 2 aromatic rings. The summed E-state index contributed by atoms with van der Waals surface area (Å²) in [4.78, 5) is 0. The Hall–Kier alpha value is -1.76. The topological polar surface area (TPSA) is 67.5 Å².